The van der Waals surface area contributed by atoms with Gasteiger partial charge in [-0.25, -0.2) is 0 Å². The summed E-state index contributed by atoms with van der Waals surface area (Å²) in [5, 5.41) is 12.3. The van der Waals surface area contributed by atoms with Gasteiger partial charge in [0, 0.05) is 18.3 Å². The van der Waals surface area contributed by atoms with Gasteiger partial charge in [0.2, 0.25) is 0 Å². The second kappa shape index (κ2) is 8.12. The van der Waals surface area contributed by atoms with Crippen LogP contribution >= 0.6 is 0 Å². The Morgan fingerprint density at radius 3 is 2.36 bits per heavy atom. The van der Waals surface area contributed by atoms with Crippen molar-refractivity contribution in [2.24, 2.45) is 4.99 Å². The Hall–Kier alpha value is -3.12. The van der Waals surface area contributed by atoms with Crippen LogP contribution in [0.2, 0.25) is 0 Å². The molecule has 2 aromatic rings. The minimum atomic E-state index is 0.659. The molecule has 126 valence electrons. The summed E-state index contributed by atoms with van der Waals surface area (Å²) < 4.78 is 0. The topological polar surface area (TPSA) is 48.2 Å². The summed E-state index contributed by atoms with van der Waals surface area (Å²) in [6.07, 6.45) is 2.02. The second-order valence-electron chi connectivity index (χ2n) is 5.87. The van der Waals surface area contributed by atoms with E-state index in [-0.39, 0.29) is 0 Å². The van der Waals surface area contributed by atoms with E-state index in [1.165, 1.54) is 0 Å². The number of allylic oxidation sites excluding steroid dienone is 2. The van der Waals surface area contributed by atoms with Crippen molar-refractivity contribution in [1.82, 2.24) is 5.32 Å². The Morgan fingerprint density at radius 1 is 1.16 bits per heavy atom. The van der Waals surface area contributed by atoms with Gasteiger partial charge in [-0.2, -0.15) is 5.26 Å². The van der Waals surface area contributed by atoms with Crippen LogP contribution in [0.25, 0.3) is 11.1 Å². The van der Waals surface area contributed by atoms with E-state index in [2.05, 4.69) is 48.1 Å². The molecule has 0 aliphatic heterocycles. The number of benzene rings is 2. The summed E-state index contributed by atoms with van der Waals surface area (Å²) in [5.41, 5.74) is 6.91. The predicted molar refractivity (Wildman–Crippen MR) is 105 cm³/mol. The Kier molecular flexibility index (Phi) is 5.92. The maximum absolute atomic E-state index is 8.95. The highest BCUT2D eigenvalue weighted by Gasteiger charge is 2.10. The van der Waals surface area contributed by atoms with Gasteiger partial charge < -0.3 is 5.32 Å². The third-order valence-corrected chi connectivity index (χ3v) is 4.24. The van der Waals surface area contributed by atoms with E-state index in [4.69, 9.17) is 5.26 Å². The van der Waals surface area contributed by atoms with Crippen LogP contribution in [0.15, 0.2) is 71.4 Å². The van der Waals surface area contributed by atoms with E-state index >= 15 is 0 Å². The molecule has 0 aliphatic rings. The lowest BCUT2D eigenvalue weighted by Gasteiger charge is -2.15. The SMILES string of the molecule is C=C(NC(=NC)c1cc(-c2ccc(C#N)cc2)ccc1C)/C(C)=C/C. The van der Waals surface area contributed by atoms with Crippen molar-refractivity contribution in [2.45, 2.75) is 20.8 Å². The first-order valence-electron chi connectivity index (χ1n) is 8.17. The molecular weight excluding hydrogens is 306 g/mol. The van der Waals surface area contributed by atoms with Crippen LogP contribution in [0.1, 0.15) is 30.5 Å². The fourth-order valence-corrected chi connectivity index (χ4v) is 2.45. The van der Waals surface area contributed by atoms with Crippen molar-refractivity contribution in [3.05, 3.63) is 83.1 Å². The minimum absolute atomic E-state index is 0.659. The third kappa shape index (κ3) is 4.24. The van der Waals surface area contributed by atoms with Crippen LogP contribution < -0.4 is 5.32 Å². The Bertz CT molecular complexity index is 878. The average molecular weight is 329 g/mol. The maximum Gasteiger partial charge on any atom is 0.132 e. The molecule has 0 aliphatic carbocycles. The van der Waals surface area contributed by atoms with Crippen LogP contribution in [0.4, 0.5) is 0 Å². The van der Waals surface area contributed by atoms with Crippen molar-refractivity contribution in [1.29, 1.82) is 5.26 Å². The summed E-state index contributed by atoms with van der Waals surface area (Å²) in [6.45, 7) is 10.1. The first-order valence-corrected chi connectivity index (χ1v) is 8.17. The number of nitrogens with zero attached hydrogens (tertiary/aromatic N) is 2. The Balaban J connectivity index is 2.40. The molecule has 0 aromatic heterocycles. The smallest absolute Gasteiger partial charge is 0.132 e. The zero-order valence-electron chi connectivity index (χ0n) is 15.2. The number of hydrogen-bond donors (Lipinski definition) is 1. The van der Waals surface area contributed by atoms with Gasteiger partial charge in [-0.15, -0.1) is 0 Å². The predicted octanol–water partition coefficient (Wildman–Crippen LogP) is 4.98. The van der Waals surface area contributed by atoms with Gasteiger partial charge in [-0.1, -0.05) is 36.9 Å². The summed E-state index contributed by atoms with van der Waals surface area (Å²) >= 11 is 0. The molecule has 2 rings (SSSR count). The average Bonchev–Trinajstić information content (AvgIpc) is 2.66. The molecule has 0 saturated heterocycles. The molecule has 0 unspecified atom stereocenters. The number of aliphatic imine (C=N–C) groups is 1. The molecule has 0 heterocycles. The number of nitriles is 1. The molecular formula is C22H23N3. The Morgan fingerprint density at radius 2 is 1.80 bits per heavy atom. The molecule has 0 atom stereocenters. The van der Waals surface area contributed by atoms with Crippen LogP contribution in [0.5, 0.6) is 0 Å². The van der Waals surface area contributed by atoms with Gasteiger partial charge in [-0.05, 0) is 61.2 Å². The first-order chi connectivity index (χ1) is 12.0. The number of rotatable bonds is 4. The minimum Gasteiger partial charge on any atom is -0.340 e. The normalized spacial score (nSPS) is 11.8. The van der Waals surface area contributed by atoms with Gasteiger partial charge >= 0.3 is 0 Å². The quantitative estimate of drug-likeness (QED) is 0.488. The molecule has 1 N–H and O–H groups in total. The van der Waals surface area contributed by atoms with Crippen molar-refractivity contribution in [2.75, 3.05) is 7.05 Å². The van der Waals surface area contributed by atoms with Crippen LogP contribution in [-0.2, 0) is 0 Å². The highest BCUT2D eigenvalue weighted by molar-refractivity contribution is 6.02. The van der Waals surface area contributed by atoms with Crippen molar-refractivity contribution in [3.8, 4) is 17.2 Å². The molecule has 0 saturated carbocycles. The Labute approximate surface area is 150 Å². The van der Waals surface area contributed by atoms with E-state index < -0.39 is 0 Å². The van der Waals surface area contributed by atoms with Gasteiger partial charge in [-0.3, -0.25) is 4.99 Å². The zero-order chi connectivity index (χ0) is 18.4. The monoisotopic (exact) mass is 329 g/mol. The maximum atomic E-state index is 8.95. The highest BCUT2D eigenvalue weighted by atomic mass is 15.0. The molecule has 3 heteroatoms. The van der Waals surface area contributed by atoms with E-state index in [1.54, 1.807) is 7.05 Å². The second-order valence-corrected chi connectivity index (χ2v) is 5.87. The van der Waals surface area contributed by atoms with Gasteiger partial charge in [0.1, 0.15) is 5.84 Å². The van der Waals surface area contributed by atoms with Gasteiger partial charge in [0.15, 0.2) is 0 Å². The zero-order valence-corrected chi connectivity index (χ0v) is 15.2. The van der Waals surface area contributed by atoms with E-state index in [0.717, 1.165) is 39.4 Å². The highest BCUT2D eigenvalue weighted by Crippen LogP contribution is 2.23. The molecule has 25 heavy (non-hydrogen) atoms. The number of hydrogen-bond acceptors (Lipinski definition) is 2. The molecule has 0 amide bonds. The van der Waals surface area contributed by atoms with Crippen LogP contribution in [0.3, 0.4) is 0 Å². The molecule has 0 fully saturated rings. The van der Waals surface area contributed by atoms with Crippen LogP contribution in [0, 0.1) is 18.3 Å². The van der Waals surface area contributed by atoms with Crippen molar-refractivity contribution < 1.29 is 0 Å². The summed E-state index contributed by atoms with van der Waals surface area (Å²) in [7, 11) is 1.77. The lowest BCUT2D eigenvalue weighted by atomic mass is 9.98. The molecule has 3 nitrogen and oxygen atoms in total. The van der Waals surface area contributed by atoms with Gasteiger partial charge in [0.25, 0.3) is 0 Å². The number of amidine groups is 1. The standard InChI is InChI=1S/C22H23N3/c1-6-15(2)17(4)25-22(24-5)21-13-20(10-7-16(21)3)19-11-8-18(14-23)9-12-19/h6-13H,4H2,1-3,5H3,(H,24,25)/b15-6+. The third-order valence-electron chi connectivity index (χ3n) is 4.24. The van der Waals surface area contributed by atoms with E-state index in [9.17, 15) is 0 Å². The fourth-order valence-electron chi connectivity index (χ4n) is 2.45. The summed E-state index contributed by atoms with van der Waals surface area (Å²) in [6, 6.07) is 16.0. The molecule has 0 spiro atoms. The number of aryl methyl sites for hydroxylation is 1. The number of nitrogens with one attached hydrogen (secondary N) is 1. The van der Waals surface area contributed by atoms with Crippen molar-refractivity contribution in [3.63, 3.8) is 0 Å². The van der Waals surface area contributed by atoms with Crippen LogP contribution in [-0.4, -0.2) is 12.9 Å². The van der Waals surface area contributed by atoms with E-state index in [0.29, 0.717) is 5.56 Å². The molecule has 0 bridgehead atoms. The lowest BCUT2D eigenvalue weighted by molar-refractivity contribution is 1.11. The summed E-state index contributed by atoms with van der Waals surface area (Å²) in [4.78, 5) is 4.41. The largest absolute Gasteiger partial charge is 0.340 e. The summed E-state index contributed by atoms with van der Waals surface area (Å²) in [5.74, 6) is 0.791. The molecule has 0 radical (unpaired) electrons. The van der Waals surface area contributed by atoms with E-state index in [1.807, 2.05) is 44.2 Å². The lowest BCUT2D eigenvalue weighted by Crippen LogP contribution is -2.24. The molecule has 2 aromatic carbocycles. The fraction of sp³-hybridized carbons (Fsp3) is 0.182. The van der Waals surface area contributed by atoms with Gasteiger partial charge in [0.05, 0.1) is 11.6 Å². The van der Waals surface area contributed by atoms with Crippen molar-refractivity contribution >= 4 is 5.84 Å². The first kappa shape index (κ1) is 18.2.